The third-order valence-electron chi connectivity index (χ3n) is 5.29. The van der Waals surface area contributed by atoms with Gasteiger partial charge in [-0.3, -0.25) is 4.79 Å². The summed E-state index contributed by atoms with van der Waals surface area (Å²) in [6.45, 7) is 7.54. The number of carbonyl (C=O) groups excluding carboxylic acids is 1. The van der Waals surface area contributed by atoms with Gasteiger partial charge in [0.2, 0.25) is 0 Å². The maximum atomic E-state index is 13.3. The first-order valence-electron chi connectivity index (χ1n) is 10.1. The van der Waals surface area contributed by atoms with E-state index in [9.17, 15) is 4.79 Å². The fraction of sp³-hybridized carbons (Fsp3) is 0.292. The van der Waals surface area contributed by atoms with Crippen LogP contribution in [0.1, 0.15) is 41.3 Å². The van der Waals surface area contributed by atoms with Gasteiger partial charge in [-0.2, -0.15) is 0 Å². The summed E-state index contributed by atoms with van der Waals surface area (Å²) in [4.78, 5) is 26.4. The number of nitrogens with zero attached hydrogens (tertiary/aromatic N) is 4. The second kappa shape index (κ2) is 8.03. The SMILES string of the molecule is Cc1nc(C(=O)N2CCc3ccccc32)cc(N(Cc2ccccc2)C(C)C)n1. The van der Waals surface area contributed by atoms with Gasteiger partial charge in [0, 0.05) is 30.9 Å². The summed E-state index contributed by atoms with van der Waals surface area (Å²) in [7, 11) is 0. The van der Waals surface area contributed by atoms with Crippen LogP contribution < -0.4 is 9.80 Å². The molecule has 0 bridgehead atoms. The van der Waals surface area contributed by atoms with Crippen LogP contribution >= 0.6 is 0 Å². The molecule has 5 heteroatoms. The lowest BCUT2D eigenvalue weighted by atomic mass is 10.1. The minimum absolute atomic E-state index is 0.0647. The highest BCUT2D eigenvalue weighted by atomic mass is 16.2. The van der Waals surface area contributed by atoms with Gasteiger partial charge >= 0.3 is 0 Å². The lowest BCUT2D eigenvalue weighted by Gasteiger charge is -2.28. The van der Waals surface area contributed by atoms with Gasteiger partial charge in [0.25, 0.3) is 5.91 Å². The normalized spacial score (nSPS) is 12.9. The first-order chi connectivity index (χ1) is 14.0. The monoisotopic (exact) mass is 386 g/mol. The van der Waals surface area contributed by atoms with Gasteiger partial charge in [-0.1, -0.05) is 48.5 Å². The molecule has 2 aromatic carbocycles. The molecule has 0 spiro atoms. The Balaban J connectivity index is 1.65. The molecular weight excluding hydrogens is 360 g/mol. The predicted molar refractivity (Wildman–Crippen MR) is 116 cm³/mol. The Morgan fingerprint density at radius 3 is 2.55 bits per heavy atom. The molecule has 0 N–H and O–H groups in total. The standard InChI is InChI=1S/C24H26N4O/c1-17(2)28(16-19-9-5-4-6-10-19)23-15-21(25-18(3)26-23)24(29)27-14-13-20-11-7-8-12-22(20)27/h4-12,15,17H,13-14,16H2,1-3H3. The van der Waals surface area contributed by atoms with E-state index in [-0.39, 0.29) is 11.9 Å². The summed E-state index contributed by atoms with van der Waals surface area (Å²) in [6.07, 6.45) is 0.880. The average Bonchev–Trinajstić information content (AvgIpc) is 3.15. The molecule has 4 rings (SSSR count). The van der Waals surface area contributed by atoms with Gasteiger partial charge in [-0.15, -0.1) is 0 Å². The zero-order chi connectivity index (χ0) is 20.4. The van der Waals surface area contributed by atoms with Crippen LogP contribution in [0.5, 0.6) is 0 Å². The first-order valence-corrected chi connectivity index (χ1v) is 10.1. The number of rotatable bonds is 5. The smallest absolute Gasteiger partial charge is 0.277 e. The van der Waals surface area contributed by atoms with E-state index in [2.05, 4.69) is 46.9 Å². The van der Waals surface area contributed by atoms with Crippen molar-refractivity contribution in [3.05, 3.63) is 83.3 Å². The summed E-state index contributed by atoms with van der Waals surface area (Å²) in [5.74, 6) is 1.33. The van der Waals surface area contributed by atoms with Crippen molar-refractivity contribution in [2.45, 2.75) is 39.8 Å². The van der Waals surface area contributed by atoms with Crippen molar-refractivity contribution in [1.29, 1.82) is 0 Å². The van der Waals surface area contributed by atoms with Crippen molar-refractivity contribution < 1.29 is 4.79 Å². The van der Waals surface area contributed by atoms with Gasteiger partial charge in [0.1, 0.15) is 17.3 Å². The molecule has 0 aliphatic carbocycles. The molecule has 29 heavy (non-hydrogen) atoms. The highest BCUT2D eigenvalue weighted by Gasteiger charge is 2.27. The van der Waals surface area contributed by atoms with E-state index >= 15 is 0 Å². The molecule has 1 amide bonds. The van der Waals surface area contributed by atoms with Gasteiger partial charge < -0.3 is 9.80 Å². The number of fused-ring (bicyclic) bond motifs is 1. The summed E-state index contributed by atoms with van der Waals surface area (Å²) in [5, 5.41) is 0. The average molecular weight is 386 g/mol. The van der Waals surface area contributed by atoms with Crippen LogP contribution in [0.15, 0.2) is 60.7 Å². The molecular formula is C24H26N4O. The number of aryl methyl sites for hydroxylation is 1. The van der Waals surface area contributed by atoms with Gasteiger partial charge in [-0.25, -0.2) is 9.97 Å². The number of benzene rings is 2. The minimum Gasteiger partial charge on any atom is -0.350 e. The maximum absolute atomic E-state index is 13.3. The number of aromatic nitrogens is 2. The quantitative estimate of drug-likeness (QED) is 0.652. The fourth-order valence-corrected chi connectivity index (χ4v) is 3.80. The molecule has 0 atom stereocenters. The molecule has 148 valence electrons. The van der Waals surface area contributed by atoms with Crippen LogP contribution in [0, 0.1) is 6.92 Å². The summed E-state index contributed by atoms with van der Waals surface area (Å²) in [6, 6.07) is 20.5. The van der Waals surface area contributed by atoms with Gasteiger partial charge in [0.15, 0.2) is 0 Å². The molecule has 0 radical (unpaired) electrons. The largest absolute Gasteiger partial charge is 0.350 e. The number of para-hydroxylation sites is 1. The topological polar surface area (TPSA) is 49.3 Å². The molecule has 0 unspecified atom stereocenters. The van der Waals surface area contributed by atoms with Crippen LogP contribution in [0.4, 0.5) is 11.5 Å². The second-order valence-electron chi connectivity index (χ2n) is 7.70. The molecule has 1 aliphatic rings. The minimum atomic E-state index is -0.0647. The van der Waals surface area contributed by atoms with E-state index in [4.69, 9.17) is 0 Å². The Morgan fingerprint density at radius 2 is 1.79 bits per heavy atom. The Hall–Kier alpha value is -3.21. The Labute approximate surface area is 172 Å². The zero-order valence-corrected chi connectivity index (χ0v) is 17.2. The number of hydrogen-bond donors (Lipinski definition) is 0. The number of anilines is 2. The van der Waals surface area contributed by atoms with Crippen molar-refractivity contribution in [2.24, 2.45) is 0 Å². The number of hydrogen-bond acceptors (Lipinski definition) is 4. The zero-order valence-electron chi connectivity index (χ0n) is 17.2. The lowest BCUT2D eigenvalue weighted by molar-refractivity contribution is 0.0984. The molecule has 3 aromatic rings. The van der Waals surface area contributed by atoms with Crippen LogP contribution in [-0.2, 0) is 13.0 Å². The van der Waals surface area contributed by atoms with E-state index in [1.54, 1.807) is 0 Å². The number of amides is 1. The molecule has 1 aromatic heterocycles. The van der Waals surface area contributed by atoms with Crippen LogP contribution in [0.2, 0.25) is 0 Å². The van der Waals surface area contributed by atoms with Crippen molar-refractivity contribution in [2.75, 3.05) is 16.3 Å². The highest BCUT2D eigenvalue weighted by Crippen LogP contribution is 2.29. The van der Waals surface area contributed by atoms with E-state index in [0.717, 1.165) is 24.5 Å². The van der Waals surface area contributed by atoms with Crippen molar-refractivity contribution >= 4 is 17.4 Å². The molecule has 5 nitrogen and oxygen atoms in total. The van der Waals surface area contributed by atoms with Crippen LogP contribution in [0.25, 0.3) is 0 Å². The van der Waals surface area contributed by atoms with Gasteiger partial charge in [0.05, 0.1) is 0 Å². The lowest BCUT2D eigenvalue weighted by Crippen LogP contribution is -2.33. The van der Waals surface area contributed by atoms with Crippen molar-refractivity contribution in [1.82, 2.24) is 9.97 Å². The second-order valence-corrected chi connectivity index (χ2v) is 7.70. The van der Waals surface area contributed by atoms with Gasteiger partial charge in [-0.05, 0) is 44.4 Å². The molecule has 0 saturated carbocycles. The summed E-state index contributed by atoms with van der Waals surface area (Å²) in [5.41, 5.74) is 3.85. The fourth-order valence-electron chi connectivity index (χ4n) is 3.80. The number of carbonyl (C=O) groups is 1. The molecule has 0 saturated heterocycles. The van der Waals surface area contributed by atoms with E-state index in [1.165, 1.54) is 11.1 Å². The van der Waals surface area contributed by atoms with E-state index < -0.39 is 0 Å². The molecule has 1 aliphatic heterocycles. The van der Waals surface area contributed by atoms with Crippen LogP contribution in [-0.4, -0.2) is 28.5 Å². The van der Waals surface area contributed by atoms with E-state index in [1.807, 2.05) is 54.3 Å². The third kappa shape index (κ3) is 3.99. The molecule has 0 fully saturated rings. The van der Waals surface area contributed by atoms with Crippen LogP contribution in [0.3, 0.4) is 0 Å². The summed E-state index contributed by atoms with van der Waals surface area (Å²) < 4.78 is 0. The maximum Gasteiger partial charge on any atom is 0.277 e. The molecule has 2 heterocycles. The Bertz CT molecular complexity index is 1020. The van der Waals surface area contributed by atoms with E-state index in [0.29, 0.717) is 18.1 Å². The predicted octanol–water partition coefficient (Wildman–Crippen LogP) is 4.40. The first kappa shape index (κ1) is 19.1. The Morgan fingerprint density at radius 1 is 1.07 bits per heavy atom. The summed E-state index contributed by atoms with van der Waals surface area (Å²) >= 11 is 0. The highest BCUT2D eigenvalue weighted by molar-refractivity contribution is 6.06. The Kier molecular flexibility index (Phi) is 5.30. The van der Waals surface area contributed by atoms with Crippen molar-refractivity contribution in [3.8, 4) is 0 Å². The third-order valence-corrected chi connectivity index (χ3v) is 5.29. The van der Waals surface area contributed by atoms with Crippen molar-refractivity contribution in [3.63, 3.8) is 0 Å².